The highest BCUT2D eigenvalue weighted by Crippen LogP contribution is 2.14. The van der Waals surface area contributed by atoms with Gasteiger partial charge in [-0.2, -0.15) is 0 Å². The minimum Gasteiger partial charge on any atom is -0.384 e. The maximum Gasteiger partial charge on any atom is 0.134 e. The molecule has 1 N–H and O–H groups in total. The van der Waals surface area contributed by atoms with Gasteiger partial charge in [0.2, 0.25) is 0 Å². The average Bonchev–Trinajstić information content (AvgIpc) is 2.12. The van der Waals surface area contributed by atoms with Crippen LogP contribution in [0.25, 0.3) is 0 Å². The summed E-state index contributed by atoms with van der Waals surface area (Å²) in [6.45, 7) is 8.43. The first kappa shape index (κ1) is 11.8. The predicted molar refractivity (Wildman–Crippen MR) is 64.3 cm³/mol. The Hall–Kier alpha value is -1.31. The van der Waals surface area contributed by atoms with Crippen LogP contribution in [0.15, 0.2) is 18.2 Å². The summed E-state index contributed by atoms with van der Waals surface area (Å²) in [6.07, 6.45) is 0. The highest BCUT2D eigenvalue weighted by molar-refractivity contribution is 5.78. The van der Waals surface area contributed by atoms with E-state index in [1.54, 1.807) is 6.92 Å². The predicted octanol–water partition coefficient (Wildman–Crippen LogP) is 2.94. The lowest BCUT2D eigenvalue weighted by atomic mass is 10.1. The summed E-state index contributed by atoms with van der Waals surface area (Å²) in [5, 5.41) is 3.29. The van der Waals surface area contributed by atoms with Gasteiger partial charge in [0, 0.05) is 18.2 Å². The Kier molecular flexibility index (Phi) is 3.89. The normalized spacial score (nSPS) is 12.3. The van der Waals surface area contributed by atoms with Crippen molar-refractivity contribution in [3.8, 4) is 0 Å². The molecular weight excluding hydrogens is 186 g/mol. The van der Waals surface area contributed by atoms with Crippen molar-refractivity contribution in [2.75, 3.05) is 11.9 Å². The lowest BCUT2D eigenvalue weighted by molar-refractivity contribution is -0.119. The van der Waals surface area contributed by atoms with E-state index >= 15 is 0 Å². The molecule has 0 aliphatic rings. The number of hydrogen-bond acceptors (Lipinski definition) is 2. The minimum absolute atomic E-state index is 0.0748. The van der Waals surface area contributed by atoms with E-state index in [0.29, 0.717) is 6.54 Å². The van der Waals surface area contributed by atoms with Gasteiger partial charge < -0.3 is 5.32 Å². The maximum atomic E-state index is 11.1. The molecule has 0 saturated heterocycles. The van der Waals surface area contributed by atoms with Gasteiger partial charge in [0.15, 0.2) is 0 Å². The van der Waals surface area contributed by atoms with Crippen molar-refractivity contribution in [1.29, 1.82) is 0 Å². The van der Waals surface area contributed by atoms with Gasteiger partial charge >= 0.3 is 0 Å². The number of Topliss-reactive ketones (excluding diaryl/α,β-unsaturated/α-hetero) is 1. The molecule has 2 nitrogen and oxygen atoms in total. The third kappa shape index (κ3) is 3.74. The molecular formula is C13H19NO. The van der Waals surface area contributed by atoms with Gasteiger partial charge in [-0.3, -0.25) is 4.79 Å². The molecule has 1 unspecified atom stereocenters. The Morgan fingerprint density at radius 2 is 1.80 bits per heavy atom. The lowest BCUT2D eigenvalue weighted by Gasteiger charge is -2.11. The standard InChI is InChI=1S/C13H19NO/c1-9-5-10(2)7-13(6-9)14-8-11(3)12(4)15/h5-7,11,14H,8H2,1-4H3. The van der Waals surface area contributed by atoms with Crippen molar-refractivity contribution in [3.63, 3.8) is 0 Å². The van der Waals surface area contributed by atoms with E-state index < -0.39 is 0 Å². The number of anilines is 1. The van der Waals surface area contributed by atoms with Crippen LogP contribution in [0, 0.1) is 19.8 Å². The van der Waals surface area contributed by atoms with Crippen LogP contribution in [0.4, 0.5) is 5.69 Å². The smallest absolute Gasteiger partial charge is 0.134 e. The first-order chi connectivity index (χ1) is 6.99. The number of benzene rings is 1. The molecule has 0 bridgehead atoms. The molecule has 2 heteroatoms. The molecule has 1 aromatic rings. The van der Waals surface area contributed by atoms with E-state index in [1.807, 2.05) is 6.92 Å². The van der Waals surface area contributed by atoms with Crippen LogP contribution in [0.5, 0.6) is 0 Å². The average molecular weight is 205 g/mol. The van der Waals surface area contributed by atoms with Crippen LogP contribution in [-0.4, -0.2) is 12.3 Å². The van der Waals surface area contributed by atoms with Gasteiger partial charge in [-0.1, -0.05) is 13.0 Å². The number of hydrogen-bond donors (Lipinski definition) is 1. The van der Waals surface area contributed by atoms with Crippen LogP contribution in [0.2, 0.25) is 0 Å². The molecule has 0 aliphatic heterocycles. The molecule has 0 spiro atoms. The van der Waals surface area contributed by atoms with Crippen LogP contribution in [0.3, 0.4) is 0 Å². The van der Waals surface area contributed by atoms with Crippen molar-refractivity contribution < 1.29 is 4.79 Å². The fourth-order valence-electron chi connectivity index (χ4n) is 1.49. The molecule has 82 valence electrons. The van der Waals surface area contributed by atoms with E-state index in [2.05, 4.69) is 37.4 Å². The summed E-state index contributed by atoms with van der Waals surface area (Å²) in [7, 11) is 0. The zero-order valence-corrected chi connectivity index (χ0v) is 9.92. The van der Waals surface area contributed by atoms with Crippen molar-refractivity contribution >= 4 is 11.5 Å². The third-order valence-electron chi connectivity index (χ3n) is 2.53. The molecule has 1 aromatic carbocycles. The molecule has 0 fully saturated rings. The van der Waals surface area contributed by atoms with Crippen LogP contribution in [-0.2, 0) is 4.79 Å². The zero-order chi connectivity index (χ0) is 11.4. The van der Waals surface area contributed by atoms with Crippen LogP contribution < -0.4 is 5.32 Å². The molecule has 15 heavy (non-hydrogen) atoms. The second-order valence-electron chi connectivity index (χ2n) is 4.27. The highest BCUT2D eigenvalue weighted by atomic mass is 16.1. The fourth-order valence-corrected chi connectivity index (χ4v) is 1.49. The number of rotatable bonds is 4. The summed E-state index contributed by atoms with van der Waals surface area (Å²) >= 11 is 0. The number of nitrogens with one attached hydrogen (secondary N) is 1. The Labute approximate surface area is 91.7 Å². The highest BCUT2D eigenvalue weighted by Gasteiger charge is 2.06. The monoisotopic (exact) mass is 205 g/mol. The molecule has 0 heterocycles. The number of carbonyl (C=O) groups excluding carboxylic acids is 1. The zero-order valence-electron chi connectivity index (χ0n) is 9.92. The Morgan fingerprint density at radius 3 is 2.27 bits per heavy atom. The summed E-state index contributed by atoms with van der Waals surface area (Å²) in [5.74, 6) is 0.303. The molecule has 0 saturated carbocycles. The van der Waals surface area contributed by atoms with E-state index in [4.69, 9.17) is 0 Å². The van der Waals surface area contributed by atoms with Gasteiger partial charge in [0.1, 0.15) is 5.78 Å². The number of aryl methyl sites for hydroxylation is 2. The molecule has 1 atom stereocenters. The van der Waals surface area contributed by atoms with E-state index in [1.165, 1.54) is 11.1 Å². The van der Waals surface area contributed by atoms with Crippen molar-refractivity contribution in [2.45, 2.75) is 27.7 Å². The quantitative estimate of drug-likeness (QED) is 0.818. The largest absolute Gasteiger partial charge is 0.384 e. The second kappa shape index (κ2) is 4.96. The first-order valence-electron chi connectivity index (χ1n) is 5.31. The molecule has 0 amide bonds. The summed E-state index contributed by atoms with van der Waals surface area (Å²) in [4.78, 5) is 11.1. The van der Waals surface area contributed by atoms with Gasteiger partial charge in [-0.05, 0) is 44.0 Å². The van der Waals surface area contributed by atoms with E-state index in [-0.39, 0.29) is 11.7 Å². The van der Waals surface area contributed by atoms with E-state index in [0.717, 1.165) is 5.69 Å². The summed E-state index contributed by atoms with van der Waals surface area (Å²) < 4.78 is 0. The summed E-state index contributed by atoms with van der Waals surface area (Å²) in [5.41, 5.74) is 3.58. The third-order valence-corrected chi connectivity index (χ3v) is 2.53. The lowest BCUT2D eigenvalue weighted by Crippen LogP contribution is -2.17. The van der Waals surface area contributed by atoms with Crippen molar-refractivity contribution in [3.05, 3.63) is 29.3 Å². The van der Waals surface area contributed by atoms with Gasteiger partial charge in [-0.25, -0.2) is 0 Å². The topological polar surface area (TPSA) is 29.1 Å². The van der Waals surface area contributed by atoms with E-state index in [9.17, 15) is 4.79 Å². The van der Waals surface area contributed by atoms with Gasteiger partial charge in [0.05, 0.1) is 0 Å². The van der Waals surface area contributed by atoms with Crippen LogP contribution in [0.1, 0.15) is 25.0 Å². The maximum absolute atomic E-state index is 11.1. The van der Waals surface area contributed by atoms with Gasteiger partial charge in [0.25, 0.3) is 0 Å². The molecule has 0 aliphatic carbocycles. The van der Waals surface area contributed by atoms with Crippen molar-refractivity contribution in [1.82, 2.24) is 0 Å². The molecule has 1 rings (SSSR count). The van der Waals surface area contributed by atoms with Crippen LogP contribution >= 0.6 is 0 Å². The Bertz CT molecular complexity index is 337. The fraction of sp³-hybridized carbons (Fsp3) is 0.462. The Balaban J connectivity index is 2.61. The summed E-state index contributed by atoms with van der Waals surface area (Å²) in [6, 6.07) is 6.33. The first-order valence-corrected chi connectivity index (χ1v) is 5.31. The SMILES string of the molecule is CC(=O)C(C)CNc1cc(C)cc(C)c1. The van der Waals surface area contributed by atoms with Gasteiger partial charge in [-0.15, -0.1) is 0 Å². The minimum atomic E-state index is 0.0748. The molecule has 0 aromatic heterocycles. The molecule has 0 radical (unpaired) electrons. The Morgan fingerprint density at radius 1 is 1.27 bits per heavy atom. The number of ketones is 1. The number of carbonyl (C=O) groups is 1. The second-order valence-corrected chi connectivity index (χ2v) is 4.27. The van der Waals surface area contributed by atoms with Crippen molar-refractivity contribution in [2.24, 2.45) is 5.92 Å².